The zero-order valence-corrected chi connectivity index (χ0v) is 9.51. The summed E-state index contributed by atoms with van der Waals surface area (Å²) in [6.45, 7) is 0. The monoisotopic (exact) mass is 224 g/mol. The summed E-state index contributed by atoms with van der Waals surface area (Å²) in [5.74, 6) is 0. The van der Waals surface area contributed by atoms with Gasteiger partial charge in [0.25, 0.3) is 0 Å². The lowest BCUT2D eigenvalue weighted by Crippen LogP contribution is -2.29. The van der Waals surface area contributed by atoms with Gasteiger partial charge in [-0.1, -0.05) is 24.3 Å². The summed E-state index contributed by atoms with van der Waals surface area (Å²) in [4.78, 5) is 10.3. The molecule has 1 aromatic carbocycles. The zero-order valence-electron chi connectivity index (χ0n) is 9.51. The number of fused-ring (bicyclic) bond motifs is 1. The van der Waals surface area contributed by atoms with E-state index < -0.39 is 0 Å². The molecule has 2 unspecified atom stereocenters. The molecule has 0 bridgehead atoms. The van der Waals surface area contributed by atoms with Crippen LogP contribution in [0.2, 0.25) is 0 Å². The van der Waals surface area contributed by atoms with Crippen molar-refractivity contribution in [1.29, 1.82) is 0 Å². The predicted octanol–water partition coefficient (Wildman–Crippen LogP) is 1.68. The third-order valence-electron chi connectivity index (χ3n) is 2.69. The topological polar surface area (TPSA) is 36.9 Å². The van der Waals surface area contributed by atoms with Crippen molar-refractivity contribution in [2.75, 3.05) is 14.2 Å². The second-order valence-electron chi connectivity index (χ2n) is 3.70. The highest BCUT2D eigenvalue weighted by Crippen LogP contribution is 2.20. The van der Waals surface area contributed by atoms with Gasteiger partial charge in [-0.3, -0.25) is 0 Å². The summed E-state index contributed by atoms with van der Waals surface area (Å²) in [6.07, 6.45) is 0.588. The van der Waals surface area contributed by atoms with Gasteiger partial charge >= 0.3 is 0 Å². The molecule has 2 atom stereocenters. The van der Waals surface area contributed by atoms with E-state index in [1.54, 1.807) is 14.2 Å². The molecule has 1 aromatic rings. The molecule has 4 nitrogen and oxygen atoms in total. The molecule has 0 amide bonds. The first-order valence-corrected chi connectivity index (χ1v) is 5.28. The van der Waals surface area contributed by atoms with Gasteiger partial charge in [0.05, 0.1) is 0 Å². The maximum absolute atomic E-state index is 5.17. The average molecular weight is 224 g/mol. The first-order valence-electron chi connectivity index (χ1n) is 5.28. The van der Waals surface area contributed by atoms with E-state index >= 15 is 0 Å². The zero-order chi connectivity index (χ0) is 11.4. The van der Waals surface area contributed by atoms with Crippen LogP contribution in [-0.4, -0.2) is 26.8 Å². The maximum Gasteiger partial charge on any atom is 0.195 e. The van der Waals surface area contributed by atoms with Crippen LogP contribution in [0.25, 0.3) is 0 Å². The molecule has 0 aromatic heterocycles. The second-order valence-corrected chi connectivity index (χ2v) is 3.70. The lowest BCUT2D eigenvalue weighted by atomic mass is 10.0. The van der Waals surface area contributed by atoms with Gasteiger partial charge in [0, 0.05) is 27.1 Å². The molecule has 1 aliphatic heterocycles. The van der Waals surface area contributed by atoms with Crippen molar-refractivity contribution in [3.63, 3.8) is 0 Å². The number of ether oxygens (including phenoxy) is 2. The average Bonchev–Trinajstić information content (AvgIpc) is 2.30. The normalized spacial score (nSPS) is 25.6. The van der Waals surface area contributed by atoms with E-state index in [1.165, 1.54) is 11.1 Å². The van der Waals surface area contributed by atoms with Gasteiger partial charge in [-0.2, -0.15) is 0 Å². The summed E-state index contributed by atoms with van der Waals surface area (Å²) in [7, 11) is 3.19. The van der Waals surface area contributed by atoms with Gasteiger partial charge in [-0.05, 0) is 11.1 Å². The minimum Gasteiger partial charge on any atom is -0.353 e. The van der Waals surface area contributed by atoms with Gasteiger partial charge in [0.15, 0.2) is 12.6 Å². The first kappa shape index (κ1) is 11.5. The lowest BCUT2D eigenvalue weighted by molar-refractivity contribution is -0.429. The summed E-state index contributed by atoms with van der Waals surface area (Å²) in [6, 6.07) is 8.16. The maximum atomic E-state index is 5.17. The molecule has 0 saturated carbocycles. The van der Waals surface area contributed by atoms with Gasteiger partial charge < -0.3 is 9.47 Å². The van der Waals surface area contributed by atoms with Crippen LogP contribution in [0.1, 0.15) is 11.1 Å². The van der Waals surface area contributed by atoms with Crippen LogP contribution in [0.15, 0.2) is 24.3 Å². The van der Waals surface area contributed by atoms with E-state index in [4.69, 9.17) is 19.2 Å². The molecule has 0 saturated heterocycles. The third kappa shape index (κ3) is 2.59. The fourth-order valence-electron chi connectivity index (χ4n) is 1.75. The highest BCUT2D eigenvalue weighted by molar-refractivity contribution is 5.28. The van der Waals surface area contributed by atoms with Crippen molar-refractivity contribution >= 4 is 0 Å². The molecular formula is C12H16O4. The molecule has 1 aliphatic rings. The highest BCUT2D eigenvalue weighted by Gasteiger charge is 2.21. The van der Waals surface area contributed by atoms with Crippen LogP contribution in [0.5, 0.6) is 0 Å². The first-order chi connectivity index (χ1) is 7.83. The van der Waals surface area contributed by atoms with E-state index in [-0.39, 0.29) is 12.6 Å². The molecule has 0 aliphatic carbocycles. The summed E-state index contributed by atoms with van der Waals surface area (Å²) in [5, 5.41) is 0. The molecule has 0 radical (unpaired) electrons. The Hall–Kier alpha value is -0.940. The van der Waals surface area contributed by atoms with Gasteiger partial charge in [-0.15, -0.1) is 0 Å². The largest absolute Gasteiger partial charge is 0.353 e. The van der Waals surface area contributed by atoms with Crippen LogP contribution in [0.3, 0.4) is 0 Å². The predicted molar refractivity (Wildman–Crippen MR) is 57.6 cm³/mol. The Bertz CT molecular complexity index is 307. The summed E-state index contributed by atoms with van der Waals surface area (Å²) < 4.78 is 10.3. The fraction of sp³-hybridized carbons (Fsp3) is 0.500. The van der Waals surface area contributed by atoms with Crippen LogP contribution < -0.4 is 0 Å². The van der Waals surface area contributed by atoms with E-state index in [0.29, 0.717) is 12.8 Å². The van der Waals surface area contributed by atoms with Crippen LogP contribution in [0.4, 0.5) is 0 Å². The number of hydrogen-bond donors (Lipinski definition) is 0. The molecule has 1 heterocycles. The molecule has 0 spiro atoms. The standard InChI is InChI=1S/C12H16O4/c1-13-11-7-9-5-3-4-6-10(9)8-12(14-2)16-15-11/h3-6,11-12H,7-8H2,1-2H3. The van der Waals surface area contributed by atoms with E-state index in [0.717, 1.165) is 0 Å². The Morgan fingerprint density at radius 2 is 1.38 bits per heavy atom. The quantitative estimate of drug-likeness (QED) is 0.716. The van der Waals surface area contributed by atoms with E-state index in [1.807, 2.05) is 12.1 Å². The summed E-state index contributed by atoms with van der Waals surface area (Å²) in [5.41, 5.74) is 2.42. The van der Waals surface area contributed by atoms with E-state index in [9.17, 15) is 0 Å². The second kappa shape index (κ2) is 5.41. The fourth-order valence-corrected chi connectivity index (χ4v) is 1.75. The Balaban J connectivity index is 2.23. The molecule has 2 rings (SSSR count). The number of methoxy groups -OCH3 is 2. The van der Waals surface area contributed by atoms with Gasteiger partial charge in [0.2, 0.25) is 0 Å². The molecule has 0 N–H and O–H groups in total. The molecule has 0 fully saturated rings. The van der Waals surface area contributed by atoms with Crippen molar-refractivity contribution < 1.29 is 19.2 Å². The van der Waals surface area contributed by atoms with E-state index in [2.05, 4.69) is 12.1 Å². The Morgan fingerprint density at radius 3 is 1.75 bits per heavy atom. The van der Waals surface area contributed by atoms with Crippen molar-refractivity contribution in [1.82, 2.24) is 0 Å². The third-order valence-corrected chi connectivity index (χ3v) is 2.69. The lowest BCUT2D eigenvalue weighted by Gasteiger charge is -2.24. The van der Waals surface area contributed by atoms with Crippen molar-refractivity contribution in [3.8, 4) is 0 Å². The molecule has 4 heteroatoms. The summed E-state index contributed by atoms with van der Waals surface area (Å²) >= 11 is 0. The van der Waals surface area contributed by atoms with Crippen LogP contribution >= 0.6 is 0 Å². The molecular weight excluding hydrogens is 208 g/mol. The number of rotatable bonds is 2. The Morgan fingerprint density at radius 1 is 0.938 bits per heavy atom. The number of hydrogen-bond acceptors (Lipinski definition) is 4. The highest BCUT2D eigenvalue weighted by atomic mass is 17.2. The Labute approximate surface area is 95.0 Å². The van der Waals surface area contributed by atoms with Crippen LogP contribution in [0, 0.1) is 0 Å². The van der Waals surface area contributed by atoms with Crippen LogP contribution in [-0.2, 0) is 32.1 Å². The minimum atomic E-state index is -0.390. The van der Waals surface area contributed by atoms with Crippen molar-refractivity contribution in [2.24, 2.45) is 0 Å². The SMILES string of the molecule is COC1Cc2ccccc2CC(OC)OO1. The molecule has 88 valence electrons. The van der Waals surface area contributed by atoms with Crippen molar-refractivity contribution in [3.05, 3.63) is 35.4 Å². The molecule has 16 heavy (non-hydrogen) atoms. The minimum absolute atomic E-state index is 0.390. The number of benzene rings is 1. The smallest absolute Gasteiger partial charge is 0.195 e. The van der Waals surface area contributed by atoms with Crippen molar-refractivity contribution in [2.45, 2.75) is 25.4 Å². The van der Waals surface area contributed by atoms with Gasteiger partial charge in [0.1, 0.15) is 0 Å². The van der Waals surface area contributed by atoms with Gasteiger partial charge in [-0.25, -0.2) is 9.78 Å². The Kier molecular flexibility index (Phi) is 3.90.